The number of anilines is 1. The third-order valence-corrected chi connectivity index (χ3v) is 6.10. The Balaban J connectivity index is 1.77. The van der Waals surface area contributed by atoms with Gasteiger partial charge in [0.2, 0.25) is 0 Å². The summed E-state index contributed by atoms with van der Waals surface area (Å²) in [5, 5.41) is 2.66. The van der Waals surface area contributed by atoms with E-state index in [1.807, 2.05) is 0 Å². The molecule has 0 spiro atoms. The number of amides is 1. The molecule has 1 amide bonds. The van der Waals surface area contributed by atoms with Crippen molar-refractivity contribution in [2.24, 2.45) is 0 Å². The number of nitrogens with one attached hydrogen (secondary N) is 2. The SMILES string of the molecule is COC(=O)CC(NC(=O)c1ccc(S(=O)(=O)Nc2ccccc2F)cc1)c1ccc(F)cc1. The Bertz CT molecular complexity index is 1250. The first kappa shape index (κ1) is 23.9. The van der Waals surface area contributed by atoms with Gasteiger partial charge in [-0.25, -0.2) is 17.2 Å². The molecule has 0 radical (unpaired) electrons. The van der Waals surface area contributed by atoms with E-state index in [1.54, 1.807) is 0 Å². The molecule has 2 N–H and O–H groups in total. The quantitative estimate of drug-likeness (QED) is 0.484. The van der Waals surface area contributed by atoms with Crippen LogP contribution in [0, 0.1) is 11.6 Å². The summed E-state index contributed by atoms with van der Waals surface area (Å²) in [6.07, 6.45) is -0.188. The molecule has 0 saturated heterocycles. The lowest BCUT2D eigenvalue weighted by Gasteiger charge is -2.18. The largest absolute Gasteiger partial charge is 0.469 e. The zero-order valence-corrected chi connectivity index (χ0v) is 18.2. The van der Waals surface area contributed by atoms with Gasteiger partial charge in [0.15, 0.2) is 0 Å². The number of halogens is 2. The van der Waals surface area contributed by atoms with Crippen LogP contribution in [-0.2, 0) is 19.6 Å². The summed E-state index contributed by atoms with van der Waals surface area (Å²) in [5.41, 5.74) is 0.407. The maximum atomic E-state index is 13.8. The molecule has 3 aromatic rings. The van der Waals surface area contributed by atoms with Gasteiger partial charge in [-0.05, 0) is 54.1 Å². The fourth-order valence-corrected chi connectivity index (χ4v) is 4.04. The van der Waals surface area contributed by atoms with Crippen LogP contribution in [-0.4, -0.2) is 27.4 Å². The van der Waals surface area contributed by atoms with E-state index in [1.165, 1.54) is 73.8 Å². The first-order valence-electron chi connectivity index (χ1n) is 9.70. The molecule has 0 saturated carbocycles. The average molecular weight is 474 g/mol. The van der Waals surface area contributed by atoms with E-state index in [9.17, 15) is 26.8 Å². The molecule has 3 rings (SSSR count). The molecule has 0 fully saturated rings. The van der Waals surface area contributed by atoms with E-state index in [-0.39, 0.29) is 22.6 Å². The predicted octanol–water partition coefficient (Wildman–Crippen LogP) is 3.80. The van der Waals surface area contributed by atoms with Crippen LogP contribution in [0.2, 0.25) is 0 Å². The van der Waals surface area contributed by atoms with Crippen molar-refractivity contribution in [3.63, 3.8) is 0 Å². The number of carbonyl (C=O) groups is 2. The van der Waals surface area contributed by atoms with Crippen LogP contribution >= 0.6 is 0 Å². The van der Waals surface area contributed by atoms with Crippen LogP contribution in [0.15, 0.2) is 77.7 Å². The minimum absolute atomic E-state index is 0.122. The molecule has 33 heavy (non-hydrogen) atoms. The fourth-order valence-electron chi connectivity index (χ4n) is 2.97. The summed E-state index contributed by atoms with van der Waals surface area (Å²) in [7, 11) is -2.88. The molecule has 3 aromatic carbocycles. The van der Waals surface area contributed by atoms with Gasteiger partial charge in [0, 0.05) is 5.56 Å². The first-order chi connectivity index (χ1) is 15.7. The second-order valence-corrected chi connectivity index (χ2v) is 8.65. The standard InChI is InChI=1S/C23H20F2N2O5S/c1-32-22(28)14-21(15-6-10-17(24)11-7-15)26-23(29)16-8-12-18(13-9-16)33(30,31)27-20-5-3-2-4-19(20)25/h2-13,21,27H,14H2,1H3,(H,26,29). The van der Waals surface area contributed by atoms with Gasteiger partial charge >= 0.3 is 5.97 Å². The number of methoxy groups -OCH3 is 1. The van der Waals surface area contributed by atoms with Crippen LogP contribution in [0.5, 0.6) is 0 Å². The lowest BCUT2D eigenvalue weighted by molar-refractivity contribution is -0.141. The third kappa shape index (κ3) is 6.13. The smallest absolute Gasteiger partial charge is 0.307 e. The Morgan fingerprint density at radius 3 is 2.18 bits per heavy atom. The Morgan fingerprint density at radius 2 is 1.58 bits per heavy atom. The Kier molecular flexibility index (Phi) is 7.39. The molecule has 0 aromatic heterocycles. The Hall–Kier alpha value is -3.79. The highest BCUT2D eigenvalue weighted by atomic mass is 32.2. The van der Waals surface area contributed by atoms with Crippen molar-refractivity contribution in [3.8, 4) is 0 Å². The zero-order valence-electron chi connectivity index (χ0n) is 17.4. The zero-order chi connectivity index (χ0) is 24.0. The van der Waals surface area contributed by atoms with Gasteiger partial charge in [0.25, 0.3) is 15.9 Å². The number of hydrogen-bond donors (Lipinski definition) is 2. The maximum Gasteiger partial charge on any atom is 0.307 e. The number of benzene rings is 3. The molecule has 0 heterocycles. The van der Waals surface area contributed by atoms with Gasteiger partial charge in [-0.3, -0.25) is 14.3 Å². The van der Waals surface area contributed by atoms with Gasteiger partial charge in [0.05, 0.1) is 30.2 Å². The van der Waals surface area contributed by atoms with Crippen molar-refractivity contribution < 1.29 is 31.5 Å². The van der Waals surface area contributed by atoms with Gasteiger partial charge < -0.3 is 10.1 Å². The average Bonchev–Trinajstić information content (AvgIpc) is 2.80. The van der Waals surface area contributed by atoms with E-state index in [2.05, 4.69) is 14.8 Å². The lowest BCUT2D eigenvalue weighted by Crippen LogP contribution is -2.30. The van der Waals surface area contributed by atoms with Crippen molar-refractivity contribution in [1.29, 1.82) is 0 Å². The van der Waals surface area contributed by atoms with Crippen LogP contribution in [0.3, 0.4) is 0 Å². The topological polar surface area (TPSA) is 102 Å². The highest BCUT2D eigenvalue weighted by Crippen LogP contribution is 2.21. The number of para-hydroxylation sites is 1. The minimum Gasteiger partial charge on any atom is -0.469 e. The van der Waals surface area contributed by atoms with Crippen molar-refractivity contribution in [2.75, 3.05) is 11.8 Å². The van der Waals surface area contributed by atoms with E-state index in [0.29, 0.717) is 5.56 Å². The van der Waals surface area contributed by atoms with Gasteiger partial charge in [-0.1, -0.05) is 24.3 Å². The number of hydrogen-bond acceptors (Lipinski definition) is 5. The maximum absolute atomic E-state index is 13.8. The third-order valence-electron chi connectivity index (χ3n) is 4.72. The first-order valence-corrected chi connectivity index (χ1v) is 11.2. The van der Waals surface area contributed by atoms with Gasteiger partial charge in [-0.15, -0.1) is 0 Å². The van der Waals surface area contributed by atoms with E-state index >= 15 is 0 Å². The van der Waals surface area contributed by atoms with Crippen molar-refractivity contribution in [1.82, 2.24) is 5.32 Å². The van der Waals surface area contributed by atoms with E-state index in [4.69, 9.17) is 0 Å². The monoisotopic (exact) mass is 474 g/mol. The summed E-state index contributed by atoms with van der Waals surface area (Å²) in [4.78, 5) is 24.3. The molecule has 0 aliphatic heterocycles. The number of esters is 1. The second kappa shape index (κ2) is 10.2. The van der Waals surface area contributed by atoms with Gasteiger partial charge in [-0.2, -0.15) is 0 Å². The van der Waals surface area contributed by atoms with E-state index < -0.39 is 39.6 Å². The highest BCUT2D eigenvalue weighted by Gasteiger charge is 2.21. The summed E-state index contributed by atoms with van der Waals surface area (Å²) in [6.45, 7) is 0. The summed E-state index contributed by atoms with van der Waals surface area (Å²) < 4.78 is 58.9. The number of ether oxygens (including phenoxy) is 1. The number of sulfonamides is 1. The number of rotatable bonds is 8. The van der Waals surface area contributed by atoms with Crippen molar-refractivity contribution in [2.45, 2.75) is 17.4 Å². The minimum atomic E-state index is -4.09. The molecule has 7 nitrogen and oxygen atoms in total. The van der Waals surface area contributed by atoms with Crippen molar-refractivity contribution in [3.05, 3.63) is 95.6 Å². The lowest BCUT2D eigenvalue weighted by atomic mass is 10.0. The van der Waals surface area contributed by atoms with Crippen LogP contribution in [0.4, 0.5) is 14.5 Å². The molecule has 172 valence electrons. The molecule has 1 atom stereocenters. The Labute approximate surface area is 189 Å². The predicted molar refractivity (Wildman–Crippen MR) is 117 cm³/mol. The molecule has 0 aliphatic carbocycles. The molecular weight excluding hydrogens is 454 g/mol. The Morgan fingerprint density at radius 1 is 0.939 bits per heavy atom. The molecule has 1 unspecified atom stereocenters. The van der Waals surface area contributed by atoms with Crippen molar-refractivity contribution >= 4 is 27.6 Å². The van der Waals surface area contributed by atoms with Gasteiger partial charge in [0.1, 0.15) is 11.6 Å². The molecule has 0 bridgehead atoms. The van der Waals surface area contributed by atoms with Crippen LogP contribution < -0.4 is 10.0 Å². The second-order valence-electron chi connectivity index (χ2n) is 6.97. The van der Waals surface area contributed by atoms with Crippen LogP contribution in [0.1, 0.15) is 28.4 Å². The fraction of sp³-hybridized carbons (Fsp3) is 0.130. The van der Waals surface area contributed by atoms with Crippen LogP contribution in [0.25, 0.3) is 0 Å². The molecule has 0 aliphatic rings. The summed E-state index contributed by atoms with van der Waals surface area (Å²) in [5.74, 6) is -2.36. The molecule has 10 heteroatoms. The van der Waals surface area contributed by atoms with E-state index in [0.717, 1.165) is 6.07 Å². The summed E-state index contributed by atoms with van der Waals surface area (Å²) >= 11 is 0. The molecular formula is C23H20F2N2O5S. The number of carbonyl (C=O) groups excluding carboxylic acids is 2. The highest BCUT2D eigenvalue weighted by molar-refractivity contribution is 7.92. The summed E-state index contributed by atoms with van der Waals surface area (Å²) in [6, 6.07) is 14.8. The normalized spacial score (nSPS) is 12.0.